The van der Waals surface area contributed by atoms with Crippen LogP contribution in [0.4, 0.5) is 0 Å². The van der Waals surface area contributed by atoms with Gasteiger partial charge < -0.3 is 37.2 Å². The summed E-state index contributed by atoms with van der Waals surface area (Å²) in [7, 11) is 0. The molecule has 0 bridgehead atoms. The van der Waals surface area contributed by atoms with Gasteiger partial charge in [0.2, 0.25) is 0 Å². The van der Waals surface area contributed by atoms with Crippen LogP contribution < -0.4 is 37.2 Å². The van der Waals surface area contributed by atoms with Crippen LogP contribution in [0.1, 0.15) is 55.6 Å². The van der Waals surface area contributed by atoms with Gasteiger partial charge in [0.25, 0.3) is 0 Å². The van der Waals surface area contributed by atoms with Gasteiger partial charge in [0.05, 0.1) is 5.41 Å². The van der Waals surface area contributed by atoms with Crippen molar-refractivity contribution in [3.63, 3.8) is 0 Å². The third kappa shape index (κ3) is 6.27. The molecule has 0 saturated carbocycles. The monoisotopic (exact) mass is 594 g/mol. The minimum atomic E-state index is -0.413. The Labute approximate surface area is 261 Å². The van der Waals surface area contributed by atoms with Crippen molar-refractivity contribution in [3.8, 4) is 0 Å². The number of rotatable bonds is 4. The molecular formula is C34H33Cl3Ti. The summed E-state index contributed by atoms with van der Waals surface area (Å²) in [5.74, 6) is 0. The van der Waals surface area contributed by atoms with Crippen LogP contribution in [-0.4, -0.2) is 0 Å². The Morgan fingerprint density at radius 1 is 0.474 bits per heavy atom. The molecule has 0 aliphatic heterocycles. The first-order valence-corrected chi connectivity index (χ1v) is 12.2. The summed E-state index contributed by atoms with van der Waals surface area (Å²) in [5, 5.41) is 2.58. The number of aryl methyl sites for hydroxylation is 6. The third-order valence-corrected chi connectivity index (χ3v) is 7.02. The molecule has 5 aromatic rings. The molecule has 0 radical (unpaired) electrons. The van der Waals surface area contributed by atoms with Crippen molar-refractivity contribution in [3.05, 3.63) is 147 Å². The topological polar surface area (TPSA) is 0 Å². The SMILES string of the molecule is Cc1cc(C)cc(C(c2cc(C)cc(C)c2)(c2cc(C)cc(C)c2)c2cc3ccccc3[cH-]2)c1.[Cl-].[Cl-].[Cl-].[Ti+4]. The molecule has 0 spiro atoms. The fourth-order valence-corrected chi connectivity index (χ4v) is 5.94. The first-order valence-electron chi connectivity index (χ1n) is 12.2. The van der Waals surface area contributed by atoms with Crippen LogP contribution in [0.5, 0.6) is 0 Å². The smallest absolute Gasteiger partial charge is 1.00 e. The average molecular weight is 596 g/mol. The van der Waals surface area contributed by atoms with Gasteiger partial charge in [-0.25, -0.2) is 0 Å². The van der Waals surface area contributed by atoms with Gasteiger partial charge in [0.15, 0.2) is 0 Å². The van der Waals surface area contributed by atoms with Crippen molar-refractivity contribution < 1.29 is 58.9 Å². The van der Waals surface area contributed by atoms with Crippen molar-refractivity contribution in [2.75, 3.05) is 0 Å². The molecule has 5 aromatic carbocycles. The molecule has 0 aromatic heterocycles. The normalized spacial score (nSPS) is 10.6. The largest absolute Gasteiger partial charge is 4.00 e. The van der Waals surface area contributed by atoms with Crippen LogP contribution in [0.25, 0.3) is 10.8 Å². The molecule has 194 valence electrons. The first-order chi connectivity index (χ1) is 16.3. The average Bonchev–Trinajstić information content (AvgIpc) is 3.16. The summed E-state index contributed by atoms with van der Waals surface area (Å²) >= 11 is 0. The summed E-state index contributed by atoms with van der Waals surface area (Å²) in [6.07, 6.45) is 0. The maximum Gasteiger partial charge on any atom is 4.00 e. The van der Waals surface area contributed by atoms with Gasteiger partial charge in [-0.3, -0.25) is 0 Å². The van der Waals surface area contributed by atoms with Crippen LogP contribution in [0.2, 0.25) is 0 Å². The first kappa shape index (κ1) is 34.1. The number of hydrogen-bond acceptors (Lipinski definition) is 0. The maximum atomic E-state index is 2.41. The van der Waals surface area contributed by atoms with Crippen LogP contribution in [0, 0.1) is 41.5 Å². The Bertz CT molecular complexity index is 1310. The van der Waals surface area contributed by atoms with E-state index in [1.54, 1.807) is 0 Å². The molecule has 0 saturated heterocycles. The van der Waals surface area contributed by atoms with Gasteiger partial charge in [-0.1, -0.05) is 94.0 Å². The van der Waals surface area contributed by atoms with Crippen LogP contribution >= 0.6 is 0 Å². The summed E-state index contributed by atoms with van der Waals surface area (Å²) in [4.78, 5) is 0. The van der Waals surface area contributed by atoms with E-state index in [9.17, 15) is 0 Å². The summed E-state index contributed by atoms with van der Waals surface area (Å²) in [5.41, 5.74) is 12.7. The van der Waals surface area contributed by atoms with Gasteiger partial charge in [0.1, 0.15) is 0 Å². The minimum Gasteiger partial charge on any atom is -1.00 e. The Balaban J connectivity index is 0.00000180. The second-order valence-corrected chi connectivity index (χ2v) is 10.3. The van der Waals surface area contributed by atoms with Crippen LogP contribution in [-0.2, 0) is 27.1 Å². The summed E-state index contributed by atoms with van der Waals surface area (Å²) < 4.78 is 0. The molecular weight excluding hydrogens is 563 g/mol. The number of fused-ring (bicyclic) bond motifs is 1. The zero-order chi connectivity index (χ0) is 24.0. The molecule has 0 heterocycles. The van der Waals surface area contributed by atoms with Crippen molar-refractivity contribution in [1.82, 2.24) is 0 Å². The number of halogens is 3. The van der Waals surface area contributed by atoms with Gasteiger partial charge in [0, 0.05) is 0 Å². The van der Waals surface area contributed by atoms with Crippen molar-refractivity contribution in [2.24, 2.45) is 0 Å². The van der Waals surface area contributed by atoms with E-state index in [2.05, 4.69) is 133 Å². The fourth-order valence-electron chi connectivity index (χ4n) is 5.94. The molecule has 0 aliphatic carbocycles. The minimum absolute atomic E-state index is 0. The van der Waals surface area contributed by atoms with E-state index in [0.29, 0.717) is 0 Å². The molecule has 0 N–H and O–H groups in total. The molecule has 0 atom stereocenters. The summed E-state index contributed by atoms with van der Waals surface area (Å²) in [6.45, 7) is 13.3. The molecule has 38 heavy (non-hydrogen) atoms. The molecule has 0 fully saturated rings. The second kappa shape index (κ2) is 13.4. The predicted octanol–water partition coefficient (Wildman–Crippen LogP) is -0.199. The Morgan fingerprint density at radius 2 is 0.816 bits per heavy atom. The van der Waals surface area contributed by atoms with E-state index in [4.69, 9.17) is 0 Å². The van der Waals surface area contributed by atoms with Crippen molar-refractivity contribution in [1.29, 1.82) is 0 Å². The van der Waals surface area contributed by atoms with Gasteiger partial charge in [-0.15, -0.1) is 40.6 Å². The van der Waals surface area contributed by atoms with E-state index in [0.717, 1.165) is 0 Å². The standard InChI is InChI=1S/C34H33.3ClH.Ti/c1-22-11-23(2)15-30(14-22)34(31-16-24(3)12-25(4)17-31,32-18-26(5)13-27(6)19-32)33-20-28-9-7-8-10-29(28)21-33;;;;/h7-21H,1-6H3;3*1H;/q-1;;;;+4/p-3. The van der Waals surface area contributed by atoms with E-state index in [-0.39, 0.29) is 58.9 Å². The van der Waals surface area contributed by atoms with E-state index >= 15 is 0 Å². The van der Waals surface area contributed by atoms with Crippen LogP contribution in [0.15, 0.2) is 91.0 Å². The zero-order valence-corrected chi connectivity index (χ0v) is 26.6. The van der Waals surface area contributed by atoms with E-state index in [1.165, 1.54) is 66.4 Å². The zero-order valence-electron chi connectivity index (χ0n) is 22.8. The molecule has 0 nitrogen and oxygen atoms in total. The van der Waals surface area contributed by atoms with Crippen molar-refractivity contribution in [2.45, 2.75) is 47.0 Å². The quantitative estimate of drug-likeness (QED) is 0.154. The maximum absolute atomic E-state index is 2.41. The Hall–Kier alpha value is -1.93. The molecule has 5 rings (SSSR count). The van der Waals surface area contributed by atoms with Crippen molar-refractivity contribution >= 4 is 10.8 Å². The number of hydrogen-bond donors (Lipinski definition) is 0. The second-order valence-electron chi connectivity index (χ2n) is 10.3. The van der Waals surface area contributed by atoms with E-state index < -0.39 is 5.41 Å². The molecule has 0 amide bonds. The van der Waals surface area contributed by atoms with Gasteiger partial charge in [-0.2, -0.15) is 6.07 Å². The van der Waals surface area contributed by atoms with Gasteiger partial charge >= 0.3 is 21.7 Å². The van der Waals surface area contributed by atoms with Gasteiger partial charge in [-0.05, 0) is 58.2 Å². The molecule has 4 heteroatoms. The van der Waals surface area contributed by atoms with E-state index in [1.807, 2.05) is 0 Å². The molecule has 0 aliphatic rings. The fraction of sp³-hybridized carbons (Fsp3) is 0.206. The number of benzene rings is 4. The van der Waals surface area contributed by atoms with Crippen LogP contribution in [0.3, 0.4) is 0 Å². The summed E-state index contributed by atoms with van der Waals surface area (Å²) in [6, 6.07) is 34.7. The Morgan fingerprint density at radius 3 is 1.16 bits per heavy atom. The Kier molecular flexibility index (Phi) is 12.0. The predicted molar refractivity (Wildman–Crippen MR) is 146 cm³/mol. The molecule has 0 unspecified atom stereocenters. The third-order valence-electron chi connectivity index (χ3n) is 7.02.